The molecule has 1 aromatic heterocycles. The van der Waals surface area contributed by atoms with Crippen molar-refractivity contribution < 1.29 is 18.9 Å². The van der Waals surface area contributed by atoms with Crippen LogP contribution in [0.3, 0.4) is 0 Å². The van der Waals surface area contributed by atoms with Gasteiger partial charge in [0.2, 0.25) is 11.8 Å². The number of hydrogen-bond donors (Lipinski definition) is 0. The van der Waals surface area contributed by atoms with Crippen molar-refractivity contribution in [2.24, 2.45) is 0 Å². The highest BCUT2D eigenvalue weighted by molar-refractivity contribution is 7.00. The molecule has 296 valence electrons. The fourth-order valence-electron chi connectivity index (χ4n) is 11.0. The van der Waals surface area contributed by atoms with Crippen LogP contribution in [0, 0.1) is 0 Å². The Morgan fingerprint density at radius 3 is 1.67 bits per heavy atom. The van der Waals surface area contributed by atoms with Crippen molar-refractivity contribution in [1.29, 1.82) is 0 Å². The number of rotatable bonds is 4. The first-order valence-corrected chi connectivity index (χ1v) is 21.5. The summed E-state index contributed by atoms with van der Waals surface area (Å²) in [5, 5.41) is 0. The third-order valence-electron chi connectivity index (χ3n) is 13.7. The minimum absolute atomic E-state index is 0.0724. The van der Waals surface area contributed by atoms with Gasteiger partial charge in [0.15, 0.2) is 0 Å². The molecule has 0 saturated carbocycles. The number of hydrogen-bond acceptors (Lipinski definition) is 7. The lowest BCUT2D eigenvalue weighted by Gasteiger charge is -2.38. The molecule has 0 amide bonds. The van der Waals surface area contributed by atoms with Crippen LogP contribution in [0.1, 0.15) is 12.5 Å². The predicted octanol–water partition coefficient (Wildman–Crippen LogP) is 8.91. The van der Waals surface area contributed by atoms with E-state index in [0.29, 0.717) is 17.5 Å². The number of anilines is 5. The summed E-state index contributed by atoms with van der Waals surface area (Å²) in [6.45, 7) is 1.94. The van der Waals surface area contributed by atoms with Crippen molar-refractivity contribution in [2.45, 2.75) is 18.4 Å². The predicted molar refractivity (Wildman–Crippen MR) is 252 cm³/mol. The van der Waals surface area contributed by atoms with Crippen molar-refractivity contribution in [2.75, 3.05) is 9.80 Å². The fraction of sp³-hybridized carbons (Fsp3) is 0.0556. The van der Waals surface area contributed by atoms with Gasteiger partial charge in [-0.2, -0.15) is 4.98 Å². The molecular formula is C54H35B2N3O4. The molecule has 0 fully saturated rings. The lowest BCUT2D eigenvalue weighted by atomic mass is 9.32. The quantitative estimate of drug-likeness (QED) is 0.165. The molecule has 0 spiro atoms. The summed E-state index contributed by atoms with van der Waals surface area (Å²) in [6.07, 6.45) is 8.93. The molecule has 0 saturated heterocycles. The molecular weight excluding hydrogens is 776 g/mol. The maximum Gasteiger partial charge on any atom is 0.262 e. The molecule has 7 aromatic carbocycles. The summed E-state index contributed by atoms with van der Waals surface area (Å²) in [6, 6.07) is 57.1. The summed E-state index contributed by atoms with van der Waals surface area (Å²) in [7, 11) is 0. The standard InChI is InChI=1S/C54H35B2N3O4/c1-54-27-15-14-26-49(54)59(42-23-11-8-20-37(42)54)36-30-46-51-48(31-36)63-53-41(56(51)39-22-10-13-25-44(39)61-46)32-40-52(57-53)62-47-29-35(28-45-50(47)55(40)38-21-9-12-24-43(38)60-45)58(33-16-4-2-5-17-33)34-18-6-3-7-19-34/h2-32,49H,1H3. The SMILES string of the molecule is CC12C=CC=CC1N(c1cc3c4c(c1)Oc1nc5c(cc1B4c1ccccc1O3)B1c3ccccc3Oc3cc(N(c4ccccc4)c4ccccc4)cc(c31)O5)c1ccccc12. The van der Waals surface area contributed by atoms with Gasteiger partial charge in [0.1, 0.15) is 34.5 Å². The third kappa shape index (κ3) is 4.90. The molecule has 63 heavy (non-hydrogen) atoms. The number of aromatic nitrogens is 1. The van der Waals surface area contributed by atoms with Gasteiger partial charge in [-0.3, -0.25) is 0 Å². The van der Waals surface area contributed by atoms with E-state index < -0.39 is 0 Å². The average molecular weight is 812 g/mol. The maximum atomic E-state index is 7.03. The van der Waals surface area contributed by atoms with E-state index in [2.05, 4.69) is 181 Å². The highest BCUT2D eigenvalue weighted by atomic mass is 16.5. The zero-order valence-corrected chi connectivity index (χ0v) is 34.1. The van der Waals surface area contributed by atoms with E-state index in [1.807, 2.05) is 24.3 Å². The molecule has 1 aliphatic carbocycles. The first-order chi connectivity index (χ1) is 31.1. The highest BCUT2D eigenvalue weighted by Crippen LogP contribution is 2.53. The molecule has 2 atom stereocenters. The van der Waals surface area contributed by atoms with Crippen LogP contribution in [-0.2, 0) is 5.41 Å². The molecule has 0 N–H and O–H groups in total. The number of benzene rings is 7. The minimum Gasteiger partial charge on any atom is -0.458 e. The Hall–Kier alpha value is -7.90. The Kier molecular flexibility index (Phi) is 7.07. The molecule has 7 nitrogen and oxygen atoms in total. The zero-order valence-electron chi connectivity index (χ0n) is 34.1. The van der Waals surface area contributed by atoms with Gasteiger partial charge in [0.25, 0.3) is 13.4 Å². The molecule has 2 unspecified atom stereocenters. The van der Waals surface area contributed by atoms with Crippen LogP contribution in [0.25, 0.3) is 0 Å². The number of ether oxygens (including phenoxy) is 4. The second-order valence-corrected chi connectivity index (χ2v) is 17.2. The van der Waals surface area contributed by atoms with Gasteiger partial charge < -0.3 is 28.7 Å². The fourth-order valence-corrected chi connectivity index (χ4v) is 11.0. The Balaban J connectivity index is 0.950. The van der Waals surface area contributed by atoms with Crippen LogP contribution < -0.4 is 61.5 Å². The number of fused-ring (bicyclic) bond motifs is 11. The van der Waals surface area contributed by atoms with E-state index in [1.165, 1.54) is 11.3 Å². The number of allylic oxidation sites excluding steroid dienone is 2. The van der Waals surface area contributed by atoms with Crippen molar-refractivity contribution in [3.8, 4) is 46.3 Å². The molecule has 14 rings (SSSR count). The Bertz CT molecular complexity index is 3280. The van der Waals surface area contributed by atoms with E-state index in [1.54, 1.807) is 0 Å². The first-order valence-electron chi connectivity index (χ1n) is 21.5. The molecule has 6 heterocycles. The van der Waals surface area contributed by atoms with Crippen LogP contribution in [-0.4, -0.2) is 24.5 Å². The van der Waals surface area contributed by atoms with Crippen LogP contribution in [0.2, 0.25) is 0 Å². The van der Waals surface area contributed by atoms with Crippen LogP contribution >= 0.6 is 0 Å². The number of para-hydroxylation sites is 5. The molecule has 0 bridgehead atoms. The minimum atomic E-state index is -0.197. The molecule has 9 heteroatoms. The highest BCUT2D eigenvalue weighted by Gasteiger charge is 2.49. The molecule has 6 aliphatic rings. The molecule has 8 aromatic rings. The summed E-state index contributed by atoms with van der Waals surface area (Å²) in [4.78, 5) is 10.0. The van der Waals surface area contributed by atoms with Gasteiger partial charge >= 0.3 is 0 Å². The van der Waals surface area contributed by atoms with Crippen molar-refractivity contribution >= 4 is 74.6 Å². The van der Waals surface area contributed by atoms with Crippen LogP contribution in [0.15, 0.2) is 188 Å². The van der Waals surface area contributed by atoms with E-state index in [4.69, 9.17) is 23.9 Å². The van der Waals surface area contributed by atoms with Crippen molar-refractivity contribution in [3.63, 3.8) is 0 Å². The number of pyridine rings is 1. The largest absolute Gasteiger partial charge is 0.458 e. The second kappa shape index (κ2) is 12.8. The van der Waals surface area contributed by atoms with E-state index in [-0.39, 0.29) is 24.9 Å². The smallest absolute Gasteiger partial charge is 0.262 e. The molecule has 0 radical (unpaired) electrons. The second-order valence-electron chi connectivity index (χ2n) is 17.2. The topological polar surface area (TPSA) is 56.3 Å². The van der Waals surface area contributed by atoms with Gasteiger partial charge in [0, 0.05) is 63.4 Å². The van der Waals surface area contributed by atoms with Crippen LogP contribution in [0.4, 0.5) is 28.4 Å². The summed E-state index contributed by atoms with van der Waals surface area (Å²) < 4.78 is 27.7. The van der Waals surface area contributed by atoms with Gasteiger partial charge in [-0.25, -0.2) is 0 Å². The van der Waals surface area contributed by atoms with Gasteiger partial charge in [-0.1, -0.05) is 121 Å². The average Bonchev–Trinajstić information content (AvgIpc) is 3.59. The number of nitrogens with zero attached hydrogens (tertiary/aromatic N) is 3. The Morgan fingerprint density at radius 1 is 0.508 bits per heavy atom. The van der Waals surface area contributed by atoms with Gasteiger partial charge in [-0.05, 0) is 76.8 Å². The van der Waals surface area contributed by atoms with Gasteiger partial charge in [0.05, 0.1) is 11.7 Å². The molecule has 5 aliphatic heterocycles. The van der Waals surface area contributed by atoms with E-state index in [9.17, 15) is 0 Å². The summed E-state index contributed by atoms with van der Waals surface area (Å²) in [5.41, 5.74) is 12.3. The van der Waals surface area contributed by atoms with E-state index in [0.717, 1.165) is 84.3 Å². The van der Waals surface area contributed by atoms with Gasteiger partial charge in [-0.15, -0.1) is 0 Å². The lowest BCUT2D eigenvalue weighted by Crippen LogP contribution is -2.62. The lowest BCUT2D eigenvalue weighted by molar-refractivity contribution is 0.425. The summed E-state index contributed by atoms with van der Waals surface area (Å²) >= 11 is 0. The zero-order chi connectivity index (χ0) is 41.4. The van der Waals surface area contributed by atoms with E-state index >= 15 is 0 Å². The maximum absolute atomic E-state index is 7.03. The van der Waals surface area contributed by atoms with Crippen LogP contribution in [0.5, 0.6) is 46.3 Å². The monoisotopic (exact) mass is 811 g/mol. The first kappa shape index (κ1) is 34.8. The third-order valence-corrected chi connectivity index (χ3v) is 13.7. The normalized spacial score (nSPS) is 18.1. The Morgan fingerprint density at radius 2 is 1.03 bits per heavy atom. The summed E-state index contributed by atoms with van der Waals surface area (Å²) in [5.74, 6) is 5.63. The van der Waals surface area contributed by atoms with Crippen molar-refractivity contribution in [1.82, 2.24) is 4.98 Å². The van der Waals surface area contributed by atoms with Crippen molar-refractivity contribution in [3.05, 3.63) is 194 Å². The Labute approximate surface area is 365 Å².